The first-order chi connectivity index (χ1) is 4.89. The fourth-order valence-corrected chi connectivity index (χ4v) is 0.446. The van der Waals surface area contributed by atoms with Crippen molar-refractivity contribution in [2.75, 3.05) is 6.61 Å². The van der Waals surface area contributed by atoms with E-state index in [1.54, 1.807) is 6.92 Å². The van der Waals surface area contributed by atoms with Gasteiger partial charge in [-0.05, 0) is 20.8 Å². The third kappa shape index (κ3) is 3.13. The molecule has 11 heavy (non-hydrogen) atoms. The van der Waals surface area contributed by atoms with Crippen molar-refractivity contribution >= 4 is 11.8 Å². The predicted molar refractivity (Wildman–Crippen MR) is 37.9 cm³/mol. The van der Waals surface area contributed by atoms with Crippen molar-refractivity contribution in [1.82, 2.24) is 0 Å². The summed E-state index contributed by atoms with van der Waals surface area (Å²) in [5.74, 6) is -1.90. The lowest BCUT2D eigenvalue weighted by Gasteiger charge is -2.13. The van der Waals surface area contributed by atoms with E-state index < -0.39 is 17.4 Å². The first kappa shape index (κ1) is 10.1. The Bertz CT molecular complexity index is 166. The lowest BCUT2D eigenvalue weighted by Crippen LogP contribution is -2.38. The molecule has 0 fully saturated rings. The number of Topliss-reactive ketones (excluding diaryl/α,β-unsaturated/α-hetero) is 1. The zero-order chi connectivity index (χ0) is 9.07. The quantitative estimate of drug-likeness (QED) is 0.462. The Hall–Kier alpha value is -0.900. The lowest BCUT2D eigenvalue weighted by molar-refractivity contribution is -0.160. The minimum Gasteiger partial charge on any atom is -0.460 e. The first-order valence-electron chi connectivity index (χ1n) is 3.33. The van der Waals surface area contributed by atoms with Gasteiger partial charge in [0, 0.05) is 0 Å². The lowest BCUT2D eigenvalue weighted by atomic mass is 10.0. The number of carbonyl (C=O) groups excluding carboxylic acids is 2. The monoisotopic (exact) mass is 160 g/mol. The van der Waals surface area contributed by atoms with E-state index in [2.05, 4.69) is 4.74 Å². The topological polar surface area (TPSA) is 63.6 Å². The second kappa shape index (κ2) is 3.48. The van der Waals surface area contributed by atoms with Crippen LogP contribution < -0.4 is 0 Å². The Morgan fingerprint density at radius 1 is 1.45 bits per heavy atom. The molecule has 0 unspecified atom stereocenters. The van der Waals surface area contributed by atoms with Gasteiger partial charge in [-0.3, -0.25) is 4.79 Å². The maximum absolute atomic E-state index is 10.8. The average Bonchev–Trinajstić information content (AvgIpc) is 1.85. The van der Waals surface area contributed by atoms with Gasteiger partial charge in [-0.2, -0.15) is 0 Å². The number of ketones is 1. The Morgan fingerprint density at radius 2 is 1.91 bits per heavy atom. The van der Waals surface area contributed by atoms with E-state index in [0.29, 0.717) is 0 Å². The molecular weight excluding hydrogens is 148 g/mol. The van der Waals surface area contributed by atoms with Crippen LogP contribution in [-0.2, 0) is 14.3 Å². The van der Waals surface area contributed by atoms with Crippen LogP contribution in [0.15, 0.2) is 0 Å². The minimum absolute atomic E-state index is 0.140. The molecule has 0 aromatic heterocycles. The van der Waals surface area contributed by atoms with Crippen LogP contribution in [0.25, 0.3) is 0 Å². The molecule has 0 aliphatic rings. The molecule has 4 nitrogen and oxygen atoms in total. The number of rotatable bonds is 3. The van der Waals surface area contributed by atoms with Crippen molar-refractivity contribution in [2.45, 2.75) is 26.4 Å². The normalized spacial score (nSPS) is 10.9. The molecule has 0 bridgehead atoms. The van der Waals surface area contributed by atoms with Crippen molar-refractivity contribution in [1.29, 1.82) is 0 Å². The molecule has 0 aliphatic carbocycles. The van der Waals surface area contributed by atoms with Gasteiger partial charge >= 0.3 is 5.97 Å². The molecule has 0 saturated heterocycles. The van der Waals surface area contributed by atoms with E-state index >= 15 is 0 Å². The Balaban J connectivity index is 4.15. The fourth-order valence-electron chi connectivity index (χ4n) is 0.446. The maximum atomic E-state index is 10.8. The summed E-state index contributed by atoms with van der Waals surface area (Å²) in [5, 5.41) is 9.03. The zero-order valence-electron chi connectivity index (χ0n) is 6.88. The van der Waals surface area contributed by atoms with Crippen LogP contribution in [-0.4, -0.2) is 29.1 Å². The fraction of sp³-hybridized carbons (Fsp3) is 0.714. The Morgan fingerprint density at radius 3 is 2.18 bits per heavy atom. The van der Waals surface area contributed by atoms with E-state index in [9.17, 15) is 9.59 Å². The average molecular weight is 160 g/mol. The van der Waals surface area contributed by atoms with Crippen LogP contribution in [0.4, 0.5) is 0 Å². The van der Waals surface area contributed by atoms with Gasteiger partial charge in [-0.25, -0.2) is 4.79 Å². The van der Waals surface area contributed by atoms with Crippen LogP contribution in [0.2, 0.25) is 0 Å². The van der Waals surface area contributed by atoms with Crippen molar-refractivity contribution in [3.63, 3.8) is 0 Å². The highest BCUT2D eigenvalue weighted by Gasteiger charge is 2.31. The van der Waals surface area contributed by atoms with Gasteiger partial charge in [0.2, 0.25) is 0 Å². The van der Waals surface area contributed by atoms with Crippen LogP contribution >= 0.6 is 0 Å². The standard InChI is InChI=1S/C7H12O4/c1-4-11-6(9)5(8)7(2,3)10/h10H,4H2,1-3H3. The second-order valence-electron chi connectivity index (χ2n) is 2.61. The third-order valence-electron chi connectivity index (χ3n) is 1.02. The van der Waals surface area contributed by atoms with E-state index in [1.807, 2.05) is 0 Å². The maximum Gasteiger partial charge on any atom is 0.377 e. The molecule has 0 aliphatic heterocycles. The summed E-state index contributed by atoms with van der Waals surface area (Å²) >= 11 is 0. The molecule has 0 rings (SSSR count). The van der Waals surface area contributed by atoms with E-state index in [-0.39, 0.29) is 6.61 Å². The van der Waals surface area contributed by atoms with Gasteiger partial charge in [0.1, 0.15) is 5.60 Å². The summed E-state index contributed by atoms with van der Waals surface area (Å²) in [7, 11) is 0. The number of aliphatic hydroxyl groups is 1. The molecule has 0 atom stereocenters. The van der Waals surface area contributed by atoms with Crippen LogP contribution in [0.5, 0.6) is 0 Å². The SMILES string of the molecule is CCOC(=O)C(=O)C(C)(C)O. The molecule has 0 aromatic carbocycles. The summed E-state index contributed by atoms with van der Waals surface area (Å²) < 4.78 is 4.38. The predicted octanol–water partition coefficient (Wildman–Crippen LogP) is -0.111. The smallest absolute Gasteiger partial charge is 0.377 e. The van der Waals surface area contributed by atoms with Crippen molar-refractivity contribution in [3.8, 4) is 0 Å². The second-order valence-corrected chi connectivity index (χ2v) is 2.61. The van der Waals surface area contributed by atoms with Gasteiger partial charge in [0.25, 0.3) is 5.78 Å². The number of hydrogen-bond donors (Lipinski definition) is 1. The molecular formula is C7H12O4. The third-order valence-corrected chi connectivity index (χ3v) is 1.02. The Labute approximate surface area is 65.2 Å². The summed E-state index contributed by atoms with van der Waals surface area (Å²) in [4.78, 5) is 21.5. The highest BCUT2D eigenvalue weighted by atomic mass is 16.5. The first-order valence-corrected chi connectivity index (χ1v) is 3.33. The van der Waals surface area contributed by atoms with Gasteiger partial charge in [0.15, 0.2) is 0 Å². The van der Waals surface area contributed by atoms with Gasteiger partial charge in [-0.1, -0.05) is 0 Å². The zero-order valence-corrected chi connectivity index (χ0v) is 6.88. The molecule has 0 aromatic rings. The largest absolute Gasteiger partial charge is 0.460 e. The van der Waals surface area contributed by atoms with Gasteiger partial charge in [-0.15, -0.1) is 0 Å². The van der Waals surface area contributed by atoms with Crippen LogP contribution in [0.3, 0.4) is 0 Å². The number of hydrogen-bond acceptors (Lipinski definition) is 4. The molecule has 0 amide bonds. The molecule has 0 heterocycles. The van der Waals surface area contributed by atoms with Crippen molar-refractivity contribution in [2.24, 2.45) is 0 Å². The summed E-state index contributed by atoms with van der Waals surface area (Å²) in [6.45, 7) is 4.22. The molecule has 0 radical (unpaired) electrons. The summed E-state index contributed by atoms with van der Waals surface area (Å²) in [6.07, 6.45) is 0. The molecule has 0 saturated carbocycles. The van der Waals surface area contributed by atoms with Crippen LogP contribution in [0.1, 0.15) is 20.8 Å². The van der Waals surface area contributed by atoms with E-state index in [0.717, 1.165) is 0 Å². The summed E-state index contributed by atoms with van der Waals surface area (Å²) in [6, 6.07) is 0. The number of ether oxygens (including phenoxy) is 1. The number of esters is 1. The molecule has 0 spiro atoms. The molecule has 1 N–H and O–H groups in total. The van der Waals surface area contributed by atoms with Gasteiger partial charge < -0.3 is 9.84 Å². The molecule has 64 valence electrons. The summed E-state index contributed by atoms with van der Waals surface area (Å²) in [5.41, 5.74) is -1.63. The van der Waals surface area contributed by atoms with Gasteiger partial charge in [0.05, 0.1) is 6.61 Å². The highest BCUT2D eigenvalue weighted by molar-refractivity contribution is 6.36. The van der Waals surface area contributed by atoms with Crippen LogP contribution in [0, 0.1) is 0 Å². The van der Waals surface area contributed by atoms with Crippen molar-refractivity contribution < 1.29 is 19.4 Å². The van der Waals surface area contributed by atoms with Crippen molar-refractivity contribution in [3.05, 3.63) is 0 Å². The highest BCUT2D eigenvalue weighted by Crippen LogP contribution is 2.03. The Kier molecular flexibility index (Phi) is 3.19. The number of carbonyl (C=O) groups is 2. The minimum atomic E-state index is -1.63. The molecule has 4 heteroatoms. The van der Waals surface area contributed by atoms with E-state index in [4.69, 9.17) is 5.11 Å². The van der Waals surface area contributed by atoms with E-state index in [1.165, 1.54) is 13.8 Å².